The third-order valence-corrected chi connectivity index (χ3v) is 4.00. The van der Waals surface area contributed by atoms with Gasteiger partial charge < -0.3 is 15.1 Å². The van der Waals surface area contributed by atoms with Crippen LogP contribution in [0.1, 0.15) is 22.8 Å². The molecule has 132 valence electrons. The van der Waals surface area contributed by atoms with Gasteiger partial charge in [-0.05, 0) is 43.3 Å². The molecule has 2 aromatic rings. The smallest absolute Gasteiger partial charge is 0.279 e. The number of ketones is 1. The summed E-state index contributed by atoms with van der Waals surface area (Å²) in [6.07, 6.45) is 0. The number of Topliss-reactive ketones (excluding diaryl/α,β-unsaturated/α-hetero) is 1. The van der Waals surface area contributed by atoms with Gasteiger partial charge in [-0.25, -0.2) is 0 Å². The number of hydrogen-bond donors (Lipinski definition) is 2. The second-order valence-corrected chi connectivity index (χ2v) is 6.55. The van der Waals surface area contributed by atoms with Crippen molar-refractivity contribution in [1.82, 2.24) is 0 Å². The van der Waals surface area contributed by atoms with Crippen LogP contribution in [0.5, 0.6) is 0 Å². The van der Waals surface area contributed by atoms with Crippen molar-refractivity contribution in [3.63, 3.8) is 0 Å². The molecule has 0 heterocycles. The molecule has 5 heteroatoms. The minimum absolute atomic E-state index is 0.0161. The minimum atomic E-state index is -0.0435. The second kappa shape index (κ2) is 8.44. The number of carbonyl (C=O) groups is 2. The highest BCUT2D eigenvalue weighted by Gasteiger charge is 2.11. The van der Waals surface area contributed by atoms with Crippen LogP contribution in [0.3, 0.4) is 0 Å². The number of carbonyl (C=O) groups excluding carboxylic acids is 2. The van der Waals surface area contributed by atoms with Gasteiger partial charge in [0, 0.05) is 36.6 Å². The Balaban J connectivity index is 1.86. The van der Waals surface area contributed by atoms with E-state index in [-0.39, 0.29) is 11.7 Å². The highest BCUT2D eigenvalue weighted by Crippen LogP contribution is 2.11. The van der Waals surface area contributed by atoms with E-state index in [0.29, 0.717) is 17.8 Å². The van der Waals surface area contributed by atoms with Gasteiger partial charge >= 0.3 is 0 Å². The molecule has 0 aliphatic carbocycles. The first-order valence-electron chi connectivity index (χ1n) is 8.33. The largest absolute Gasteiger partial charge is 0.378 e. The van der Waals surface area contributed by atoms with Crippen LogP contribution in [-0.2, 0) is 11.3 Å². The van der Waals surface area contributed by atoms with Gasteiger partial charge in [-0.15, -0.1) is 0 Å². The van der Waals surface area contributed by atoms with Gasteiger partial charge in [0.05, 0.1) is 7.05 Å². The van der Waals surface area contributed by atoms with Gasteiger partial charge in [0.2, 0.25) is 0 Å². The Labute approximate surface area is 149 Å². The molecule has 0 aliphatic rings. The molecule has 0 aliphatic heterocycles. The molecule has 0 saturated heterocycles. The summed E-state index contributed by atoms with van der Waals surface area (Å²) in [6, 6.07) is 15.3. The van der Waals surface area contributed by atoms with E-state index >= 15 is 0 Å². The van der Waals surface area contributed by atoms with E-state index in [1.807, 2.05) is 21.1 Å². The van der Waals surface area contributed by atoms with Gasteiger partial charge in [0.15, 0.2) is 12.3 Å². The van der Waals surface area contributed by atoms with Crippen molar-refractivity contribution < 1.29 is 14.5 Å². The van der Waals surface area contributed by atoms with Crippen molar-refractivity contribution in [2.24, 2.45) is 0 Å². The van der Waals surface area contributed by atoms with Crippen LogP contribution in [0, 0.1) is 0 Å². The molecule has 0 saturated carbocycles. The first-order chi connectivity index (χ1) is 11.8. The van der Waals surface area contributed by atoms with Crippen molar-refractivity contribution in [2.45, 2.75) is 13.5 Å². The van der Waals surface area contributed by atoms with E-state index in [9.17, 15) is 9.59 Å². The fourth-order valence-electron chi connectivity index (χ4n) is 2.59. The monoisotopic (exact) mass is 340 g/mol. The Bertz CT molecular complexity index is 722. The molecular formula is C20H26N3O2+. The van der Waals surface area contributed by atoms with Crippen LogP contribution in [-0.4, -0.2) is 39.4 Å². The van der Waals surface area contributed by atoms with Gasteiger partial charge in [0.25, 0.3) is 5.91 Å². The minimum Gasteiger partial charge on any atom is -0.378 e. The molecule has 0 radical (unpaired) electrons. The van der Waals surface area contributed by atoms with E-state index in [2.05, 4.69) is 34.5 Å². The highest BCUT2D eigenvalue weighted by molar-refractivity contribution is 5.95. The average Bonchev–Trinajstić information content (AvgIpc) is 2.55. The van der Waals surface area contributed by atoms with Crippen molar-refractivity contribution in [3.8, 4) is 0 Å². The number of likely N-dealkylation sites (N-methyl/N-ethyl adjacent to an activating group) is 1. The Kier molecular flexibility index (Phi) is 6.31. The molecule has 2 aromatic carbocycles. The zero-order chi connectivity index (χ0) is 18.4. The predicted molar refractivity (Wildman–Crippen MR) is 101 cm³/mol. The van der Waals surface area contributed by atoms with E-state index in [1.54, 1.807) is 24.3 Å². The lowest BCUT2D eigenvalue weighted by Gasteiger charge is -2.16. The van der Waals surface area contributed by atoms with E-state index in [1.165, 1.54) is 12.5 Å². The number of quaternary nitrogens is 1. The number of hydrogen-bond acceptors (Lipinski definition) is 3. The molecular weight excluding hydrogens is 314 g/mol. The summed E-state index contributed by atoms with van der Waals surface area (Å²) in [6.45, 7) is 2.69. The molecule has 0 bridgehead atoms. The van der Waals surface area contributed by atoms with Gasteiger partial charge in [-0.1, -0.05) is 12.1 Å². The van der Waals surface area contributed by atoms with Gasteiger partial charge in [-0.2, -0.15) is 0 Å². The highest BCUT2D eigenvalue weighted by atomic mass is 16.2. The molecule has 1 atom stereocenters. The van der Waals surface area contributed by atoms with Crippen LogP contribution < -0.4 is 15.1 Å². The lowest BCUT2D eigenvalue weighted by atomic mass is 10.1. The van der Waals surface area contributed by atoms with Gasteiger partial charge in [0.1, 0.15) is 6.54 Å². The Hall–Kier alpha value is -2.66. The Morgan fingerprint density at radius 1 is 1.00 bits per heavy atom. The maximum atomic E-state index is 12.2. The van der Waals surface area contributed by atoms with E-state index in [4.69, 9.17) is 0 Å². The quantitative estimate of drug-likeness (QED) is 0.753. The third-order valence-electron chi connectivity index (χ3n) is 4.00. The second-order valence-electron chi connectivity index (χ2n) is 6.55. The van der Waals surface area contributed by atoms with Gasteiger partial charge in [-0.3, -0.25) is 9.59 Å². The molecule has 2 rings (SSSR count). The van der Waals surface area contributed by atoms with Crippen LogP contribution in [0.15, 0.2) is 48.5 Å². The topological polar surface area (TPSA) is 53.9 Å². The SMILES string of the molecule is CC(=O)c1ccc(NC(=O)C[NH+](C)Cc2ccc(N(C)C)cc2)cc1. The average molecular weight is 340 g/mol. The number of anilines is 2. The molecule has 0 aromatic heterocycles. The summed E-state index contributed by atoms with van der Waals surface area (Å²) >= 11 is 0. The number of nitrogens with zero attached hydrogens (tertiary/aromatic N) is 1. The number of benzene rings is 2. The summed E-state index contributed by atoms with van der Waals surface area (Å²) < 4.78 is 0. The molecule has 0 fully saturated rings. The van der Waals surface area contributed by atoms with Crippen molar-refractivity contribution in [3.05, 3.63) is 59.7 Å². The maximum Gasteiger partial charge on any atom is 0.279 e. The van der Waals surface area contributed by atoms with Crippen LogP contribution in [0.25, 0.3) is 0 Å². The van der Waals surface area contributed by atoms with Crippen molar-refractivity contribution in [2.75, 3.05) is 37.9 Å². The first kappa shape index (κ1) is 18.7. The lowest BCUT2D eigenvalue weighted by Crippen LogP contribution is -3.08. The Morgan fingerprint density at radius 2 is 1.60 bits per heavy atom. The first-order valence-corrected chi connectivity index (χ1v) is 8.33. The number of amides is 1. The summed E-state index contributed by atoms with van der Waals surface area (Å²) in [7, 11) is 6.03. The zero-order valence-corrected chi connectivity index (χ0v) is 15.3. The molecule has 5 nitrogen and oxygen atoms in total. The van der Waals surface area contributed by atoms with Crippen molar-refractivity contribution >= 4 is 23.1 Å². The molecule has 1 unspecified atom stereocenters. The molecule has 1 amide bonds. The zero-order valence-electron chi connectivity index (χ0n) is 15.3. The predicted octanol–water partition coefficient (Wildman–Crippen LogP) is 1.61. The third kappa shape index (κ3) is 5.72. The van der Waals surface area contributed by atoms with Crippen LogP contribution in [0.4, 0.5) is 11.4 Å². The summed E-state index contributed by atoms with van der Waals surface area (Å²) in [5, 5.41) is 2.87. The van der Waals surface area contributed by atoms with Crippen LogP contribution >= 0.6 is 0 Å². The Morgan fingerprint density at radius 3 is 2.12 bits per heavy atom. The molecule has 2 N–H and O–H groups in total. The summed E-state index contributed by atoms with van der Waals surface area (Å²) in [5.41, 5.74) is 3.70. The van der Waals surface area contributed by atoms with Crippen LogP contribution in [0.2, 0.25) is 0 Å². The normalized spacial score (nSPS) is 11.7. The standard InChI is InChI=1S/C20H25N3O2/c1-15(24)17-7-9-18(10-8-17)21-20(25)14-23(4)13-16-5-11-19(12-6-16)22(2)3/h5-12H,13-14H2,1-4H3,(H,21,25)/p+1. The molecule has 0 spiro atoms. The number of nitrogens with one attached hydrogen (secondary N) is 2. The molecule has 25 heavy (non-hydrogen) atoms. The van der Waals surface area contributed by atoms with Crippen molar-refractivity contribution in [1.29, 1.82) is 0 Å². The summed E-state index contributed by atoms with van der Waals surface area (Å²) in [5.74, 6) is -0.0275. The number of rotatable bonds is 7. The van der Waals surface area contributed by atoms with E-state index < -0.39 is 0 Å². The fourth-order valence-corrected chi connectivity index (χ4v) is 2.59. The summed E-state index contributed by atoms with van der Waals surface area (Å²) in [4.78, 5) is 26.6. The maximum absolute atomic E-state index is 12.2. The lowest BCUT2D eigenvalue weighted by molar-refractivity contribution is -0.885. The fraction of sp³-hybridized carbons (Fsp3) is 0.300. The van der Waals surface area contributed by atoms with E-state index in [0.717, 1.165) is 17.1 Å².